The number of imidazole rings is 1. The number of benzene rings is 1. The van der Waals surface area contributed by atoms with Crippen molar-refractivity contribution in [3.8, 4) is 5.75 Å². The largest absolute Gasteiger partial charge is 0.495 e. The van der Waals surface area contributed by atoms with E-state index in [9.17, 15) is 8.42 Å². The maximum absolute atomic E-state index is 12.8. The predicted octanol–water partition coefficient (Wildman–Crippen LogP) is 0.898. The van der Waals surface area contributed by atoms with Crippen LogP contribution in [0.4, 0.5) is 0 Å². The van der Waals surface area contributed by atoms with Crippen molar-refractivity contribution in [3.05, 3.63) is 43.0 Å². The number of nitrogens with zero attached hydrogens (tertiary/aromatic N) is 4. The zero-order chi connectivity index (χ0) is 17.0. The van der Waals surface area contributed by atoms with E-state index in [2.05, 4.69) is 9.88 Å². The Hall–Kier alpha value is -1.90. The monoisotopic (exact) mass is 350 g/mol. The molecule has 2 aromatic rings. The fraction of sp³-hybridized carbons (Fsp3) is 0.438. The van der Waals surface area contributed by atoms with Crippen LogP contribution in [0, 0.1) is 0 Å². The molecule has 130 valence electrons. The lowest BCUT2D eigenvalue weighted by molar-refractivity contribution is 0.182. The van der Waals surface area contributed by atoms with E-state index in [4.69, 9.17) is 4.74 Å². The fourth-order valence-corrected chi connectivity index (χ4v) is 4.42. The second-order valence-electron chi connectivity index (χ2n) is 5.70. The minimum Gasteiger partial charge on any atom is -0.495 e. The van der Waals surface area contributed by atoms with Gasteiger partial charge in [0.25, 0.3) is 0 Å². The predicted molar refractivity (Wildman–Crippen MR) is 90.4 cm³/mol. The molecule has 0 radical (unpaired) electrons. The maximum atomic E-state index is 12.8. The van der Waals surface area contributed by atoms with Gasteiger partial charge < -0.3 is 9.30 Å². The molecule has 1 saturated heterocycles. The van der Waals surface area contributed by atoms with Crippen LogP contribution in [-0.2, 0) is 16.6 Å². The third kappa shape index (κ3) is 3.61. The SMILES string of the molecule is COc1ccccc1S(=O)(=O)N1CCN(CCn2ccnc2)CC1. The van der Waals surface area contributed by atoms with Gasteiger partial charge in [-0.1, -0.05) is 12.1 Å². The summed E-state index contributed by atoms with van der Waals surface area (Å²) in [4.78, 5) is 6.53. The van der Waals surface area contributed by atoms with Gasteiger partial charge in [-0.15, -0.1) is 0 Å². The van der Waals surface area contributed by atoms with Gasteiger partial charge in [0.1, 0.15) is 10.6 Å². The van der Waals surface area contributed by atoms with E-state index in [-0.39, 0.29) is 4.90 Å². The van der Waals surface area contributed by atoms with E-state index in [0.717, 1.165) is 26.2 Å². The molecule has 1 aromatic heterocycles. The molecule has 24 heavy (non-hydrogen) atoms. The van der Waals surface area contributed by atoms with Gasteiger partial charge in [-0.2, -0.15) is 4.31 Å². The molecular weight excluding hydrogens is 328 g/mol. The number of ether oxygens (including phenoxy) is 1. The lowest BCUT2D eigenvalue weighted by Crippen LogP contribution is -2.49. The molecule has 8 heteroatoms. The number of rotatable bonds is 6. The van der Waals surface area contributed by atoms with E-state index in [1.807, 2.05) is 10.8 Å². The van der Waals surface area contributed by atoms with Gasteiger partial charge in [0.2, 0.25) is 10.0 Å². The Morgan fingerprint density at radius 1 is 1.12 bits per heavy atom. The first-order valence-electron chi connectivity index (χ1n) is 7.92. The third-order valence-corrected chi connectivity index (χ3v) is 6.19. The van der Waals surface area contributed by atoms with Gasteiger partial charge >= 0.3 is 0 Å². The van der Waals surface area contributed by atoms with Gasteiger partial charge in [0.15, 0.2) is 0 Å². The Morgan fingerprint density at radius 3 is 2.54 bits per heavy atom. The van der Waals surface area contributed by atoms with Gasteiger partial charge in [0.05, 0.1) is 13.4 Å². The number of piperazine rings is 1. The van der Waals surface area contributed by atoms with Crippen molar-refractivity contribution >= 4 is 10.0 Å². The van der Waals surface area contributed by atoms with Gasteiger partial charge in [-0.3, -0.25) is 4.90 Å². The average Bonchev–Trinajstić information content (AvgIpc) is 3.14. The summed E-state index contributed by atoms with van der Waals surface area (Å²) in [6, 6.07) is 6.76. The van der Waals surface area contributed by atoms with E-state index < -0.39 is 10.0 Å². The normalized spacial score (nSPS) is 17.0. The number of para-hydroxylation sites is 1. The maximum Gasteiger partial charge on any atom is 0.246 e. The Morgan fingerprint density at radius 2 is 1.88 bits per heavy atom. The number of methoxy groups -OCH3 is 1. The van der Waals surface area contributed by atoms with Crippen LogP contribution < -0.4 is 4.74 Å². The minimum absolute atomic E-state index is 0.236. The zero-order valence-corrected chi connectivity index (χ0v) is 14.5. The Balaban J connectivity index is 1.61. The second kappa shape index (κ2) is 7.33. The number of hydrogen-bond acceptors (Lipinski definition) is 5. The van der Waals surface area contributed by atoms with Crippen molar-refractivity contribution in [2.24, 2.45) is 0 Å². The smallest absolute Gasteiger partial charge is 0.246 e. The van der Waals surface area contributed by atoms with Crippen LogP contribution >= 0.6 is 0 Å². The number of sulfonamides is 1. The van der Waals surface area contributed by atoms with Crippen LogP contribution in [0.2, 0.25) is 0 Å². The van der Waals surface area contributed by atoms with Crippen LogP contribution in [0.3, 0.4) is 0 Å². The highest BCUT2D eigenvalue weighted by atomic mass is 32.2. The quantitative estimate of drug-likeness (QED) is 0.774. The van der Waals surface area contributed by atoms with Crippen molar-refractivity contribution in [2.75, 3.05) is 39.8 Å². The molecule has 1 fully saturated rings. The number of hydrogen-bond donors (Lipinski definition) is 0. The highest BCUT2D eigenvalue weighted by molar-refractivity contribution is 7.89. The molecule has 2 heterocycles. The van der Waals surface area contributed by atoms with E-state index in [0.29, 0.717) is 18.8 Å². The second-order valence-corrected chi connectivity index (χ2v) is 7.60. The molecular formula is C16H22N4O3S. The van der Waals surface area contributed by atoms with Crippen LogP contribution in [0.5, 0.6) is 5.75 Å². The third-order valence-electron chi connectivity index (χ3n) is 4.25. The van der Waals surface area contributed by atoms with E-state index in [1.165, 1.54) is 7.11 Å². The lowest BCUT2D eigenvalue weighted by Gasteiger charge is -2.34. The summed E-state index contributed by atoms with van der Waals surface area (Å²) >= 11 is 0. The van der Waals surface area contributed by atoms with Crippen molar-refractivity contribution in [1.82, 2.24) is 18.8 Å². The fourth-order valence-electron chi connectivity index (χ4n) is 2.84. The first-order valence-corrected chi connectivity index (χ1v) is 9.36. The highest BCUT2D eigenvalue weighted by Gasteiger charge is 2.30. The van der Waals surface area contributed by atoms with Gasteiger partial charge in [-0.05, 0) is 12.1 Å². The first kappa shape index (κ1) is 16.9. The molecule has 0 unspecified atom stereocenters. The zero-order valence-electron chi connectivity index (χ0n) is 13.7. The topological polar surface area (TPSA) is 67.7 Å². The molecule has 0 atom stereocenters. The van der Waals surface area contributed by atoms with Crippen molar-refractivity contribution in [2.45, 2.75) is 11.4 Å². The van der Waals surface area contributed by atoms with E-state index >= 15 is 0 Å². The summed E-state index contributed by atoms with van der Waals surface area (Å²) in [6.07, 6.45) is 5.49. The Kier molecular flexibility index (Phi) is 5.17. The molecule has 3 rings (SSSR count). The Bertz CT molecular complexity index is 753. The number of aromatic nitrogens is 2. The van der Waals surface area contributed by atoms with E-state index in [1.54, 1.807) is 41.1 Å². The molecule has 1 aliphatic rings. The molecule has 0 bridgehead atoms. The molecule has 1 aromatic carbocycles. The molecule has 7 nitrogen and oxygen atoms in total. The van der Waals surface area contributed by atoms with Crippen molar-refractivity contribution < 1.29 is 13.2 Å². The minimum atomic E-state index is -3.52. The summed E-state index contributed by atoms with van der Waals surface area (Å²) in [7, 11) is -2.03. The Labute approximate surface area is 142 Å². The van der Waals surface area contributed by atoms with Crippen molar-refractivity contribution in [3.63, 3.8) is 0 Å². The lowest BCUT2D eigenvalue weighted by atomic mass is 10.3. The molecule has 0 saturated carbocycles. The molecule has 0 spiro atoms. The first-order chi connectivity index (χ1) is 11.6. The van der Waals surface area contributed by atoms with Crippen LogP contribution in [0.15, 0.2) is 47.9 Å². The summed E-state index contributed by atoms with van der Waals surface area (Å²) in [5.74, 6) is 0.389. The highest BCUT2D eigenvalue weighted by Crippen LogP contribution is 2.26. The van der Waals surface area contributed by atoms with Crippen LogP contribution in [0.1, 0.15) is 0 Å². The molecule has 0 amide bonds. The summed E-state index contributed by atoms with van der Waals surface area (Å²) in [5.41, 5.74) is 0. The average molecular weight is 350 g/mol. The molecule has 1 aliphatic heterocycles. The van der Waals surface area contributed by atoms with Crippen LogP contribution in [-0.4, -0.2) is 67.0 Å². The summed E-state index contributed by atoms with van der Waals surface area (Å²) in [5, 5.41) is 0. The summed E-state index contributed by atoms with van der Waals surface area (Å²) < 4.78 is 34.4. The molecule has 0 aliphatic carbocycles. The van der Waals surface area contributed by atoms with Crippen molar-refractivity contribution in [1.29, 1.82) is 0 Å². The summed E-state index contributed by atoms with van der Waals surface area (Å²) in [6.45, 7) is 4.18. The van der Waals surface area contributed by atoms with Gasteiger partial charge in [0, 0.05) is 51.7 Å². The van der Waals surface area contributed by atoms with Gasteiger partial charge in [-0.25, -0.2) is 13.4 Å². The standard InChI is InChI=1S/C16H22N4O3S/c1-23-15-4-2-3-5-16(15)24(21,22)20-12-10-18(11-13-20)8-9-19-7-6-17-14-19/h2-7,14H,8-13H2,1H3. The molecule has 0 N–H and O–H groups in total. The van der Waals surface area contributed by atoms with Crippen LogP contribution in [0.25, 0.3) is 0 Å².